The predicted molar refractivity (Wildman–Crippen MR) is 143 cm³/mol. The molecule has 0 aliphatic heterocycles. The molecule has 0 fully saturated rings. The average Bonchev–Trinajstić information content (AvgIpc) is 2.88. The second-order valence-electron chi connectivity index (χ2n) is 7.46. The summed E-state index contributed by atoms with van der Waals surface area (Å²) in [5, 5.41) is 1.90. The molecule has 0 N–H and O–H groups in total. The molecule has 0 unspecified atom stereocenters. The maximum absolute atomic E-state index is 13.1. The number of hydrogen-bond acceptors (Lipinski definition) is 4. The summed E-state index contributed by atoms with van der Waals surface area (Å²) in [4.78, 5) is 26.2. The summed E-state index contributed by atoms with van der Waals surface area (Å²) in [5.41, 5.74) is 1.42. The fraction of sp³-hybridized carbons (Fsp3) is 0. The monoisotopic (exact) mass is 556 g/mol. The van der Waals surface area contributed by atoms with Crippen LogP contribution in [0.3, 0.4) is 0 Å². The topological polar surface area (TPSA) is 52.6 Å². The molecule has 0 radical (unpaired) electrons. The van der Waals surface area contributed by atoms with Crippen LogP contribution in [0.2, 0.25) is 20.1 Å². The van der Waals surface area contributed by atoms with Gasteiger partial charge in [-0.2, -0.15) is 0 Å². The Hall–Kier alpha value is -3.28. The lowest BCUT2D eigenvalue weighted by Gasteiger charge is -2.17. The lowest BCUT2D eigenvalue weighted by Crippen LogP contribution is -2.11. The van der Waals surface area contributed by atoms with E-state index in [1.807, 2.05) is 0 Å². The molecular weight excluding hydrogens is 542 g/mol. The van der Waals surface area contributed by atoms with E-state index in [1.165, 1.54) is 24.3 Å². The normalized spacial score (nSPS) is 11.4. The lowest BCUT2D eigenvalue weighted by atomic mass is 10.1. The second-order valence-corrected chi connectivity index (χ2v) is 9.21. The zero-order valence-corrected chi connectivity index (χ0v) is 21.4. The van der Waals surface area contributed by atoms with Crippen molar-refractivity contribution in [3.63, 3.8) is 0 Å². The number of hydrogen-bond donors (Lipinski definition) is 0. The first-order chi connectivity index (χ1) is 17.3. The van der Waals surface area contributed by atoms with Crippen LogP contribution < -0.4 is 0 Å². The Balaban J connectivity index is 1.85. The quantitative estimate of drug-likeness (QED) is 0.135. The third-order valence-electron chi connectivity index (χ3n) is 4.97. The third kappa shape index (κ3) is 6.48. The lowest BCUT2D eigenvalue weighted by molar-refractivity contribution is 0.0647. The molecule has 4 rings (SSSR count). The van der Waals surface area contributed by atoms with Crippen LogP contribution in [-0.4, -0.2) is 11.9 Å². The van der Waals surface area contributed by atoms with Gasteiger partial charge in [0, 0.05) is 31.2 Å². The molecule has 0 amide bonds. The van der Waals surface area contributed by atoms with Crippen molar-refractivity contribution in [2.75, 3.05) is 0 Å². The molecule has 0 bridgehead atoms. The van der Waals surface area contributed by atoms with E-state index in [0.29, 0.717) is 31.2 Å². The van der Waals surface area contributed by atoms with Gasteiger partial charge in [-0.3, -0.25) is 0 Å². The Morgan fingerprint density at radius 3 is 0.861 bits per heavy atom. The molecular formula is C28H16Cl4O4. The first-order valence-electron chi connectivity index (χ1n) is 10.5. The first kappa shape index (κ1) is 25.8. The first-order valence-corrected chi connectivity index (χ1v) is 12.0. The van der Waals surface area contributed by atoms with Gasteiger partial charge in [0.2, 0.25) is 0 Å². The summed E-state index contributed by atoms with van der Waals surface area (Å²) in [6, 6.07) is 25.6. The van der Waals surface area contributed by atoms with Gasteiger partial charge in [-0.15, -0.1) is 0 Å². The highest BCUT2D eigenvalue weighted by molar-refractivity contribution is 6.31. The van der Waals surface area contributed by atoms with Crippen molar-refractivity contribution in [1.29, 1.82) is 0 Å². The molecule has 36 heavy (non-hydrogen) atoms. The van der Waals surface area contributed by atoms with Crippen molar-refractivity contribution in [2.45, 2.75) is 0 Å². The van der Waals surface area contributed by atoms with E-state index in [-0.39, 0.29) is 22.6 Å². The molecule has 0 saturated heterocycles. The Labute approximate surface area is 227 Å². The maximum Gasteiger partial charge on any atom is 0.343 e. The highest BCUT2D eigenvalue weighted by atomic mass is 35.5. The minimum absolute atomic E-state index is 0.0104. The zero-order valence-electron chi connectivity index (χ0n) is 18.4. The summed E-state index contributed by atoms with van der Waals surface area (Å²) in [6.45, 7) is 0. The molecule has 8 heteroatoms. The van der Waals surface area contributed by atoms with E-state index in [9.17, 15) is 9.59 Å². The predicted octanol–water partition coefficient (Wildman–Crippen LogP) is 8.84. The molecule has 4 nitrogen and oxygen atoms in total. The number of carbonyl (C=O) groups is 2. The molecule has 0 spiro atoms. The van der Waals surface area contributed by atoms with E-state index in [0.717, 1.165) is 0 Å². The fourth-order valence-electron chi connectivity index (χ4n) is 3.15. The smallest absolute Gasteiger partial charge is 0.343 e. The molecule has 4 aromatic rings. The van der Waals surface area contributed by atoms with Crippen molar-refractivity contribution in [3.8, 4) is 0 Å². The van der Waals surface area contributed by atoms with Crippen molar-refractivity contribution in [1.82, 2.24) is 0 Å². The van der Waals surface area contributed by atoms with Crippen LogP contribution >= 0.6 is 46.4 Å². The summed E-state index contributed by atoms with van der Waals surface area (Å²) in [7, 11) is 0. The van der Waals surface area contributed by atoms with Gasteiger partial charge in [0.05, 0.1) is 11.1 Å². The van der Waals surface area contributed by atoms with Gasteiger partial charge in [-0.05, 0) is 97.1 Å². The number of halogens is 4. The minimum atomic E-state index is -0.675. The fourth-order valence-corrected chi connectivity index (χ4v) is 3.65. The summed E-state index contributed by atoms with van der Waals surface area (Å²) in [6.07, 6.45) is 0. The van der Waals surface area contributed by atoms with Crippen LogP contribution in [-0.2, 0) is 9.47 Å². The van der Waals surface area contributed by atoms with Crippen LogP contribution in [0.15, 0.2) is 97.1 Å². The van der Waals surface area contributed by atoms with Gasteiger partial charge in [0.25, 0.3) is 0 Å². The van der Waals surface area contributed by atoms with E-state index in [2.05, 4.69) is 0 Å². The molecule has 0 saturated carbocycles. The molecule has 180 valence electrons. The van der Waals surface area contributed by atoms with Crippen LogP contribution in [0.25, 0.3) is 11.5 Å². The number of esters is 2. The molecule has 0 aliphatic rings. The second kappa shape index (κ2) is 11.6. The van der Waals surface area contributed by atoms with Crippen molar-refractivity contribution >= 4 is 69.9 Å². The summed E-state index contributed by atoms with van der Waals surface area (Å²) >= 11 is 24.1. The summed E-state index contributed by atoms with van der Waals surface area (Å²) < 4.78 is 11.7. The molecule has 0 atom stereocenters. The number of rotatable bonds is 6. The van der Waals surface area contributed by atoms with Crippen LogP contribution in [0.5, 0.6) is 0 Å². The Kier molecular flexibility index (Phi) is 8.34. The van der Waals surface area contributed by atoms with Crippen molar-refractivity contribution < 1.29 is 19.1 Å². The van der Waals surface area contributed by atoms with Crippen LogP contribution in [0.1, 0.15) is 31.8 Å². The van der Waals surface area contributed by atoms with Gasteiger partial charge < -0.3 is 9.47 Å². The average molecular weight is 558 g/mol. The van der Waals surface area contributed by atoms with Crippen molar-refractivity contribution in [3.05, 3.63) is 139 Å². The number of ether oxygens (including phenoxy) is 2. The third-order valence-corrected chi connectivity index (χ3v) is 5.98. The van der Waals surface area contributed by atoms with E-state index >= 15 is 0 Å². The van der Waals surface area contributed by atoms with E-state index < -0.39 is 11.9 Å². The van der Waals surface area contributed by atoms with Gasteiger partial charge >= 0.3 is 11.9 Å². The Morgan fingerprint density at radius 1 is 0.389 bits per heavy atom. The largest absolute Gasteiger partial charge is 0.418 e. The van der Waals surface area contributed by atoms with Crippen LogP contribution in [0, 0.1) is 0 Å². The minimum Gasteiger partial charge on any atom is -0.418 e. The maximum atomic E-state index is 13.1. The van der Waals surface area contributed by atoms with Gasteiger partial charge in [0.15, 0.2) is 11.5 Å². The highest BCUT2D eigenvalue weighted by Gasteiger charge is 2.23. The van der Waals surface area contributed by atoms with Gasteiger partial charge in [-0.1, -0.05) is 46.4 Å². The molecule has 4 aromatic carbocycles. The summed E-state index contributed by atoms with van der Waals surface area (Å²) in [5.74, 6) is -1.33. The number of carbonyl (C=O) groups excluding carboxylic acids is 2. The van der Waals surface area contributed by atoms with Gasteiger partial charge in [-0.25, -0.2) is 9.59 Å². The van der Waals surface area contributed by atoms with E-state index in [4.69, 9.17) is 55.9 Å². The molecule has 0 aromatic heterocycles. The number of benzene rings is 4. The SMILES string of the molecule is O=C(OC(=C(OC(=O)c1ccc(Cl)cc1)c1ccc(Cl)cc1)c1ccc(Cl)cc1)c1ccc(Cl)cc1. The Bertz CT molecular complexity index is 1300. The van der Waals surface area contributed by atoms with Crippen molar-refractivity contribution in [2.24, 2.45) is 0 Å². The van der Waals surface area contributed by atoms with Gasteiger partial charge in [0.1, 0.15) is 0 Å². The molecule has 0 aliphatic carbocycles. The van der Waals surface area contributed by atoms with Crippen LogP contribution in [0.4, 0.5) is 0 Å². The zero-order chi connectivity index (χ0) is 25.7. The highest BCUT2D eigenvalue weighted by Crippen LogP contribution is 2.32. The Morgan fingerprint density at radius 2 is 0.611 bits per heavy atom. The standard InChI is InChI=1S/C28H16Cl4O4/c29-21-9-1-17(2-10-21)25(35-27(33)19-5-13-23(31)14-6-19)26(18-3-11-22(30)12-4-18)36-28(34)20-7-15-24(32)16-8-20/h1-16H. The molecule has 0 heterocycles. The van der Waals surface area contributed by atoms with E-state index in [1.54, 1.807) is 72.8 Å².